The molecule has 3 N–H and O–H groups in total. The fourth-order valence-electron chi connectivity index (χ4n) is 1.07. The molecule has 0 saturated carbocycles. The Morgan fingerprint density at radius 3 is 3.00 bits per heavy atom. The second-order valence-corrected chi connectivity index (χ2v) is 3.51. The van der Waals surface area contributed by atoms with Gasteiger partial charge in [0.05, 0.1) is 6.04 Å². The minimum absolute atomic E-state index is 0.0844. The van der Waals surface area contributed by atoms with Gasteiger partial charge in [-0.2, -0.15) is 0 Å². The van der Waals surface area contributed by atoms with Crippen molar-refractivity contribution < 1.29 is 8.76 Å². The van der Waals surface area contributed by atoms with Crippen molar-refractivity contribution in [2.24, 2.45) is 0 Å². The summed E-state index contributed by atoms with van der Waals surface area (Å²) in [4.78, 5) is 0.434. The van der Waals surface area contributed by atoms with Crippen LogP contribution in [0, 0.1) is 0 Å². The lowest BCUT2D eigenvalue weighted by Gasteiger charge is -2.10. The Kier molecular flexibility index (Phi) is 3.38. The third kappa shape index (κ3) is 2.82. The summed E-state index contributed by atoms with van der Waals surface area (Å²) in [7, 11) is 0. The van der Waals surface area contributed by atoms with E-state index in [0.717, 1.165) is 19.4 Å². The molecule has 0 aromatic carbocycles. The summed E-state index contributed by atoms with van der Waals surface area (Å²) in [6.45, 7) is 0.935. The minimum Gasteiger partial charge on any atom is -0.308 e. The van der Waals surface area contributed by atoms with Crippen LogP contribution in [0.2, 0.25) is 0 Å². The first-order chi connectivity index (χ1) is 5.20. The van der Waals surface area contributed by atoms with Crippen molar-refractivity contribution in [1.82, 2.24) is 10.0 Å². The third-order valence-electron chi connectivity index (χ3n) is 1.56. The molecule has 0 aliphatic carbocycles. The smallest absolute Gasteiger partial charge is 0.259 e. The van der Waals surface area contributed by atoms with Crippen LogP contribution in [0.4, 0.5) is 0 Å². The summed E-state index contributed by atoms with van der Waals surface area (Å²) >= 11 is 2.84. The summed E-state index contributed by atoms with van der Waals surface area (Å²) in [5, 5.41) is 3.11. The molecule has 1 fully saturated rings. The number of hydrogen-bond donors (Lipinski definition) is 3. The van der Waals surface area contributed by atoms with Crippen molar-refractivity contribution in [3.63, 3.8) is 0 Å². The average molecular weight is 194 g/mol. The van der Waals surface area contributed by atoms with Crippen molar-refractivity contribution in [1.29, 1.82) is 0 Å². The molecule has 1 unspecified atom stereocenters. The van der Waals surface area contributed by atoms with E-state index in [1.165, 1.54) is 0 Å². The van der Waals surface area contributed by atoms with Crippen LogP contribution in [-0.2, 0) is 11.3 Å². The van der Waals surface area contributed by atoms with Gasteiger partial charge in [-0.05, 0) is 19.4 Å². The number of hydrogen-bond acceptors (Lipinski definition) is 3. The van der Waals surface area contributed by atoms with E-state index in [0.29, 0.717) is 4.99 Å². The van der Waals surface area contributed by atoms with Gasteiger partial charge < -0.3 is 5.32 Å². The van der Waals surface area contributed by atoms with Crippen molar-refractivity contribution in [3.8, 4) is 0 Å². The van der Waals surface area contributed by atoms with Gasteiger partial charge in [-0.1, -0.05) is 12.2 Å². The Hall–Kier alpha value is -0.0400. The molecule has 0 aromatic rings. The van der Waals surface area contributed by atoms with Crippen molar-refractivity contribution in [3.05, 3.63) is 0 Å². The summed E-state index contributed by atoms with van der Waals surface area (Å²) < 4.78 is 21.0. The molecule has 0 spiro atoms. The standard InChI is InChI=1S/C5H10N2O2S2/c8-11(9)7-5(10)4-2-1-3-6-4/h4,6H,1-3H2,(H,7,10)(H,8,9)/t4-/m0/s1. The Bertz CT molecular complexity index is 179. The monoisotopic (exact) mass is 194 g/mol. The zero-order chi connectivity index (χ0) is 8.27. The highest BCUT2D eigenvalue weighted by atomic mass is 32.2. The van der Waals surface area contributed by atoms with Gasteiger partial charge in [-0.3, -0.25) is 9.27 Å². The van der Waals surface area contributed by atoms with Gasteiger partial charge in [0.2, 0.25) is 0 Å². The molecule has 0 aromatic heterocycles. The van der Waals surface area contributed by atoms with Crippen LogP contribution in [0.1, 0.15) is 12.8 Å². The van der Waals surface area contributed by atoms with E-state index in [9.17, 15) is 4.21 Å². The zero-order valence-electron chi connectivity index (χ0n) is 5.87. The molecule has 2 atom stereocenters. The minimum atomic E-state index is -2.02. The molecule has 11 heavy (non-hydrogen) atoms. The predicted octanol–water partition coefficient (Wildman–Crippen LogP) is -0.208. The van der Waals surface area contributed by atoms with Gasteiger partial charge in [0.1, 0.15) is 4.99 Å². The maximum Gasteiger partial charge on any atom is 0.259 e. The van der Waals surface area contributed by atoms with Crippen molar-refractivity contribution in [2.75, 3.05) is 6.54 Å². The molecule has 64 valence electrons. The SMILES string of the molecule is O=S(O)NC(=S)[C@@H]1CCCN1. The number of nitrogens with one attached hydrogen (secondary N) is 2. The summed E-state index contributed by atoms with van der Waals surface area (Å²) in [6, 6.07) is 0.0844. The highest BCUT2D eigenvalue weighted by Gasteiger charge is 2.19. The second kappa shape index (κ2) is 4.10. The zero-order valence-corrected chi connectivity index (χ0v) is 7.50. The molecule has 0 radical (unpaired) electrons. The fourth-order valence-corrected chi connectivity index (χ4v) is 1.79. The number of thiocarbonyl (C=S) groups is 1. The van der Waals surface area contributed by atoms with E-state index in [1.807, 2.05) is 0 Å². The van der Waals surface area contributed by atoms with Gasteiger partial charge in [-0.15, -0.1) is 0 Å². The van der Waals surface area contributed by atoms with Crippen LogP contribution in [0.25, 0.3) is 0 Å². The molecule has 6 heteroatoms. The van der Waals surface area contributed by atoms with Gasteiger partial charge in [0.15, 0.2) is 0 Å². The van der Waals surface area contributed by atoms with Gasteiger partial charge >= 0.3 is 0 Å². The fraction of sp³-hybridized carbons (Fsp3) is 0.800. The molecular formula is C5H10N2O2S2. The summed E-state index contributed by atoms with van der Waals surface area (Å²) in [5.41, 5.74) is 0. The largest absolute Gasteiger partial charge is 0.308 e. The highest BCUT2D eigenvalue weighted by Crippen LogP contribution is 2.05. The van der Waals surface area contributed by atoms with Crippen LogP contribution in [0.3, 0.4) is 0 Å². The van der Waals surface area contributed by atoms with Crippen molar-refractivity contribution in [2.45, 2.75) is 18.9 Å². The molecule has 1 heterocycles. The maximum absolute atomic E-state index is 10.3. The van der Waals surface area contributed by atoms with Crippen LogP contribution in [-0.4, -0.2) is 26.3 Å². The quantitative estimate of drug-likeness (QED) is 0.420. The molecule has 4 nitrogen and oxygen atoms in total. The van der Waals surface area contributed by atoms with Gasteiger partial charge in [0, 0.05) is 0 Å². The molecule has 1 saturated heterocycles. The maximum atomic E-state index is 10.3. The van der Waals surface area contributed by atoms with Crippen LogP contribution < -0.4 is 10.0 Å². The van der Waals surface area contributed by atoms with E-state index >= 15 is 0 Å². The lowest BCUT2D eigenvalue weighted by atomic mass is 10.2. The molecular weight excluding hydrogens is 184 g/mol. The van der Waals surface area contributed by atoms with Gasteiger partial charge in [0.25, 0.3) is 11.3 Å². The van der Waals surface area contributed by atoms with Crippen LogP contribution in [0.5, 0.6) is 0 Å². The van der Waals surface area contributed by atoms with Crippen molar-refractivity contribution >= 4 is 28.5 Å². The highest BCUT2D eigenvalue weighted by molar-refractivity contribution is 7.84. The topological polar surface area (TPSA) is 61.4 Å². The summed E-state index contributed by atoms with van der Waals surface area (Å²) in [5.74, 6) is 0. The van der Waals surface area contributed by atoms with E-state index in [4.69, 9.17) is 16.8 Å². The molecule has 0 amide bonds. The average Bonchev–Trinajstić information content (AvgIpc) is 2.35. The summed E-state index contributed by atoms with van der Waals surface area (Å²) in [6.07, 6.45) is 2.02. The lowest BCUT2D eigenvalue weighted by molar-refractivity contribution is 0.559. The number of rotatable bonds is 2. The Labute approximate surface area is 73.2 Å². The second-order valence-electron chi connectivity index (χ2n) is 2.36. The molecule has 1 aliphatic rings. The van der Waals surface area contributed by atoms with Gasteiger partial charge in [-0.25, -0.2) is 4.21 Å². The first kappa shape index (κ1) is 9.05. The van der Waals surface area contributed by atoms with E-state index < -0.39 is 11.3 Å². The Morgan fingerprint density at radius 2 is 2.55 bits per heavy atom. The first-order valence-electron chi connectivity index (χ1n) is 3.35. The Morgan fingerprint density at radius 1 is 1.82 bits per heavy atom. The van der Waals surface area contributed by atoms with E-state index in [-0.39, 0.29) is 6.04 Å². The predicted molar refractivity (Wildman–Crippen MR) is 47.5 cm³/mol. The normalized spacial score (nSPS) is 26.5. The van der Waals surface area contributed by atoms with Crippen LogP contribution >= 0.6 is 12.2 Å². The van der Waals surface area contributed by atoms with E-state index in [1.54, 1.807) is 0 Å². The lowest BCUT2D eigenvalue weighted by Crippen LogP contribution is -2.39. The molecule has 1 aliphatic heterocycles. The van der Waals surface area contributed by atoms with Crippen LogP contribution in [0.15, 0.2) is 0 Å². The molecule has 0 bridgehead atoms. The molecule has 1 rings (SSSR count). The Balaban J connectivity index is 2.34. The first-order valence-corrected chi connectivity index (χ1v) is 4.86. The third-order valence-corrected chi connectivity index (χ3v) is 2.48. The van der Waals surface area contributed by atoms with E-state index in [2.05, 4.69) is 10.0 Å².